The molecule has 0 aromatic heterocycles. The smallest absolute Gasteiger partial charge is 0.119 e. The van der Waals surface area contributed by atoms with E-state index in [1.807, 2.05) is 19.1 Å². The van der Waals surface area contributed by atoms with Crippen LogP contribution in [0.15, 0.2) is 24.3 Å². The van der Waals surface area contributed by atoms with Crippen LogP contribution in [0, 0.1) is 5.92 Å². The van der Waals surface area contributed by atoms with Crippen LogP contribution in [-0.4, -0.2) is 6.61 Å². The van der Waals surface area contributed by atoms with Crippen molar-refractivity contribution in [3.63, 3.8) is 0 Å². The van der Waals surface area contributed by atoms with E-state index < -0.39 is 0 Å². The molecule has 1 aromatic rings. The molecule has 1 atom stereocenters. The van der Waals surface area contributed by atoms with Crippen molar-refractivity contribution in [2.24, 2.45) is 11.7 Å². The van der Waals surface area contributed by atoms with Crippen molar-refractivity contribution in [3.05, 3.63) is 29.8 Å². The Morgan fingerprint density at radius 3 is 2.81 bits per heavy atom. The SMILES string of the molecule is CCOc1cccc([C@H](N)C2CCCC2)c1. The van der Waals surface area contributed by atoms with E-state index in [0.29, 0.717) is 12.5 Å². The molecule has 0 spiro atoms. The number of nitrogens with two attached hydrogens (primary N) is 1. The predicted octanol–water partition coefficient (Wildman–Crippen LogP) is 3.28. The standard InChI is InChI=1S/C14H21NO/c1-2-16-13-9-5-8-12(10-13)14(15)11-6-3-4-7-11/h5,8-11,14H,2-4,6-7,15H2,1H3/t14-/m1/s1. The first-order chi connectivity index (χ1) is 7.81. The molecule has 1 aromatic carbocycles. The highest BCUT2D eigenvalue weighted by Gasteiger charge is 2.23. The van der Waals surface area contributed by atoms with E-state index in [1.165, 1.54) is 31.2 Å². The van der Waals surface area contributed by atoms with Gasteiger partial charge in [0.15, 0.2) is 0 Å². The van der Waals surface area contributed by atoms with Gasteiger partial charge in [0, 0.05) is 6.04 Å². The van der Waals surface area contributed by atoms with E-state index >= 15 is 0 Å². The van der Waals surface area contributed by atoms with Crippen molar-refractivity contribution in [1.82, 2.24) is 0 Å². The normalized spacial score (nSPS) is 18.6. The Morgan fingerprint density at radius 1 is 1.38 bits per heavy atom. The fourth-order valence-corrected chi connectivity index (χ4v) is 2.57. The third-order valence-corrected chi connectivity index (χ3v) is 3.46. The molecule has 2 N–H and O–H groups in total. The van der Waals surface area contributed by atoms with Gasteiger partial charge < -0.3 is 10.5 Å². The summed E-state index contributed by atoms with van der Waals surface area (Å²) in [6.45, 7) is 2.71. The molecule has 1 aliphatic carbocycles. The van der Waals surface area contributed by atoms with E-state index in [4.69, 9.17) is 10.5 Å². The van der Waals surface area contributed by atoms with Gasteiger partial charge in [0.1, 0.15) is 5.75 Å². The first-order valence-electron chi connectivity index (χ1n) is 6.29. The fourth-order valence-electron chi connectivity index (χ4n) is 2.57. The maximum atomic E-state index is 6.31. The van der Waals surface area contributed by atoms with Crippen LogP contribution in [0.25, 0.3) is 0 Å². The van der Waals surface area contributed by atoms with Crippen molar-refractivity contribution in [3.8, 4) is 5.75 Å². The zero-order valence-corrected chi connectivity index (χ0v) is 9.99. The predicted molar refractivity (Wildman–Crippen MR) is 66.5 cm³/mol. The second kappa shape index (κ2) is 5.35. The van der Waals surface area contributed by atoms with Gasteiger partial charge in [-0.05, 0) is 43.4 Å². The summed E-state index contributed by atoms with van der Waals surface area (Å²) in [6, 6.07) is 8.42. The minimum atomic E-state index is 0.183. The van der Waals surface area contributed by atoms with Crippen LogP contribution in [0.1, 0.15) is 44.2 Å². The Hall–Kier alpha value is -1.02. The monoisotopic (exact) mass is 219 g/mol. The third-order valence-electron chi connectivity index (χ3n) is 3.46. The Morgan fingerprint density at radius 2 is 2.12 bits per heavy atom. The summed E-state index contributed by atoms with van der Waals surface area (Å²) >= 11 is 0. The first-order valence-corrected chi connectivity index (χ1v) is 6.29. The lowest BCUT2D eigenvalue weighted by atomic mass is 9.92. The van der Waals surface area contributed by atoms with Gasteiger partial charge in [-0.2, -0.15) is 0 Å². The number of hydrogen-bond donors (Lipinski definition) is 1. The van der Waals surface area contributed by atoms with Gasteiger partial charge in [0.05, 0.1) is 6.61 Å². The lowest BCUT2D eigenvalue weighted by molar-refractivity contribution is 0.339. The topological polar surface area (TPSA) is 35.2 Å². The molecule has 2 nitrogen and oxygen atoms in total. The molecule has 1 saturated carbocycles. The molecule has 1 fully saturated rings. The number of benzene rings is 1. The molecule has 0 radical (unpaired) electrons. The maximum absolute atomic E-state index is 6.31. The number of hydrogen-bond acceptors (Lipinski definition) is 2. The zero-order chi connectivity index (χ0) is 11.4. The zero-order valence-electron chi connectivity index (χ0n) is 9.99. The minimum absolute atomic E-state index is 0.183. The summed E-state index contributed by atoms with van der Waals surface area (Å²) < 4.78 is 5.50. The van der Waals surface area contributed by atoms with Crippen molar-refractivity contribution in [1.29, 1.82) is 0 Å². The number of ether oxygens (including phenoxy) is 1. The van der Waals surface area contributed by atoms with Gasteiger partial charge in [-0.25, -0.2) is 0 Å². The van der Waals surface area contributed by atoms with Crippen LogP contribution >= 0.6 is 0 Å². The molecule has 0 bridgehead atoms. The van der Waals surface area contributed by atoms with Crippen LogP contribution in [0.3, 0.4) is 0 Å². The van der Waals surface area contributed by atoms with Gasteiger partial charge >= 0.3 is 0 Å². The van der Waals surface area contributed by atoms with Crippen LogP contribution in [0.4, 0.5) is 0 Å². The van der Waals surface area contributed by atoms with Gasteiger partial charge in [-0.3, -0.25) is 0 Å². The van der Waals surface area contributed by atoms with E-state index in [0.717, 1.165) is 5.75 Å². The van der Waals surface area contributed by atoms with Gasteiger partial charge in [0.2, 0.25) is 0 Å². The largest absolute Gasteiger partial charge is 0.494 e. The Labute approximate surface area is 97.8 Å². The Bertz CT molecular complexity index is 331. The van der Waals surface area contributed by atoms with Gasteiger partial charge in [-0.1, -0.05) is 25.0 Å². The summed E-state index contributed by atoms with van der Waals surface area (Å²) in [5, 5.41) is 0. The van der Waals surface area contributed by atoms with Crippen molar-refractivity contribution >= 4 is 0 Å². The highest BCUT2D eigenvalue weighted by molar-refractivity contribution is 5.30. The molecule has 0 heterocycles. The van der Waals surface area contributed by atoms with E-state index in [-0.39, 0.29) is 6.04 Å². The van der Waals surface area contributed by atoms with Gasteiger partial charge in [-0.15, -0.1) is 0 Å². The molecule has 1 aliphatic rings. The molecule has 0 unspecified atom stereocenters. The summed E-state index contributed by atoms with van der Waals surface area (Å²) in [6.07, 6.45) is 5.23. The van der Waals surface area contributed by atoms with Crippen LogP contribution in [0.5, 0.6) is 5.75 Å². The molecular formula is C14H21NO. The summed E-state index contributed by atoms with van der Waals surface area (Å²) in [5.74, 6) is 1.60. The summed E-state index contributed by atoms with van der Waals surface area (Å²) in [7, 11) is 0. The lowest BCUT2D eigenvalue weighted by Gasteiger charge is -2.19. The summed E-state index contributed by atoms with van der Waals surface area (Å²) in [5.41, 5.74) is 7.53. The molecule has 16 heavy (non-hydrogen) atoms. The second-order valence-electron chi connectivity index (χ2n) is 4.58. The average molecular weight is 219 g/mol. The van der Waals surface area contributed by atoms with Crippen LogP contribution < -0.4 is 10.5 Å². The quantitative estimate of drug-likeness (QED) is 0.843. The molecular weight excluding hydrogens is 198 g/mol. The first kappa shape index (κ1) is 11.5. The van der Waals surface area contributed by atoms with Crippen molar-refractivity contribution in [2.45, 2.75) is 38.6 Å². The summed E-state index contributed by atoms with van der Waals surface area (Å²) in [4.78, 5) is 0. The van der Waals surface area contributed by atoms with E-state index in [2.05, 4.69) is 12.1 Å². The van der Waals surface area contributed by atoms with E-state index in [9.17, 15) is 0 Å². The fraction of sp³-hybridized carbons (Fsp3) is 0.571. The van der Waals surface area contributed by atoms with Crippen molar-refractivity contribution < 1.29 is 4.74 Å². The van der Waals surface area contributed by atoms with Gasteiger partial charge in [0.25, 0.3) is 0 Å². The van der Waals surface area contributed by atoms with Crippen LogP contribution in [0.2, 0.25) is 0 Å². The average Bonchev–Trinajstić information content (AvgIpc) is 2.82. The van der Waals surface area contributed by atoms with E-state index in [1.54, 1.807) is 0 Å². The van der Waals surface area contributed by atoms with Crippen LogP contribution in [-0.2, 0) is 0 Å². The highest BCUT2D eigenvalue weighted by Crippen LogP contribution is 2.34. The lowest BCUT2D eigenvalue weighted by Crippen LogP contribution is -2.19. The molecule has 2 heteroatoms. The second-order valence-corrected chi connectivity index (χ2v) is 4.58. The minimum Gasteiger partial charge on any atom is -0.494 e. The molecule has 2 rings (SSSR count). The molecule has 88 valence electrons. The molecule has 0 aliphatic heterocycles. The Balaban J connectivity index is 2.09. The highest BCUT2D eigenvalue weighted by atomic mass is 16.5. The number of rotatable bonds is 4. The van der Waals surface area contributed by atoms with Crippen molar-refractivity contribution in [2.75, 3.05) is 6.61 Å². The third kappa shape index (κ3) is 2.56. The maximum Gasteiger partial charge on any atom is 0.119 e. The Kier molecular flexibility index (Phi) is 3.83. The molecule has 0 amide bonds. The molecule has 0 saturated heterocycles.